The van der Waals surface area contributed by atoms with Crippen molar-refractivity contribution in [3.63, 3.8) is 0 Å². The summed E-state index contributed by atoms with van der Waals surface area (Å²) in [6.45, 7) is 6.32. The van der Waals surface area contributed by atoms with E-state index in [1.165, 1.54) is 5.56 Å². The second-order valence-corrected chi connectivity index (χ2v) is 8.94. The highest BCUT2D eigenvalue weighted by Gasteiger charge is 2.18. The SMILES string of the molecule is CCc1ccc(-c2csc(Cn3c(CN4CCOCC4)nc4ccccc4c3=O)n2)cc1. The molecule has 7 heteroatoms. The van der Waals surface area contributed by atoms with E-state index >= 15 is 0 Å². The Morgan fingerprint density at radius 1 is 1.00 bits per heavy atom. The maximum Gasteiger partial charge on any atom is 0.261 e. The monoisotopic (exact) mass is 446 g/mol. The molecule has 32 heavy (non-hydrogen) atoms. The molecule has 1 aliphatic rings. The van der Waals surface area contributed by atoms with Gasteiger partial charge in [-0.25, -0.2) is 9.97 Å². The van der Waals surface area contributed by atoms with Crippen LogP contribution in [0.3, 0.4) is 0 Å². The van der Waals surface area contributed by atoms with Crippen molar-refractivity contribution in [2.75, 3.05) is 26.3 Å². The number of thiazole rings is 1. The highest BCUT2D eigenvalue weighted by molar-refractivity contribution is 7.09. The van der Waals surface area contributed by atoms with E-state index in [1.807, 2.05) is 24.3 Å². The van der Waals surface area contributed by atoms with E-state index in [4.69, 9.17) is 14.7 Å². The third-order valence-electron chi connectivity index (χ3n) is 5.91. The molecular weight excluding hydrogens is 420 g/mol. The molecule has 0 aliphatic carbocycles. The van der Waals surface area contributed by atoms with Gasteiger partial charge in [0.25, 0.3) is 5.56 Å². The molecule has 0 atom stereocenters. The first-order valence-corrected chi connectivity index (χ1v) is 11.9. The van der Waals surface area contributed by atoms with E-state index in [2.05, 4.69) is 41.5 Å². The fraction of sp³-hybridized carbons (Fsp3) is 0.320. The van der Waals surface area contributed by atoms with Crippen molar-refractivity contribution >= 4 is 22.2 Å². The summed E-state index contributed by atoms with van der Waals surface area (Å²) in [4.78, 5) is 25.4. The number of hydrogen-bond donors (Lipinski definition) is 0. The minimum absolute atomic E-state index is 0.0112. The molecule has 164 valence electrons. The molecule has 3 heterocycles. The van der Waals surface area contributed by atoms with Gasteiger partial charge in [-0.05, 0) is 24.1 Å². The van der Waals surface area contributed by atoms with Gasteiger partial charge >= 0.3 is 0 Å². The minimum Gasteiger partial charge on any atom is -0.379 e. The summed E-state index contributed by atoms with van der Waals surface area (Å²) in [6, 6.07) is 16.1. The first kappa shape index (κ1) is 21.0. The molecule has 1 aliphatic heterocycles. The van der Waals surface area contributed by atoms with E-state index in [0.717, 1.165) is 47.1 Å². The Bertz CT molecular complexity index is 1270. The maximum absolute atomic E-state index is 13.4. The molecule has 0 saturated carbocycles. The van der Waals surface area contributed by atoms with Crippen molar-refractivity contribution in [3.05, 3.63) is 80.7 Å². The van der Waals surface area contributed by atoms with Crippen LogP contribution in [0.25, 0.3) is 22.2 Å². The fourth-order valence-electron chi connectivity index (χ4n) is 4.02. The van der Waals surface area contributed by atoms with E-state index < -0.39 is 0 Å². The van der Waals surface area contributed by atoms with Crippen LogP contribution < -0.4 is 5.56 Å². The molecule has 1 saturated heterocycles. The Hall–Kier alpha value is -2.87. The number of nitrogens with zero attached hydrogens (tertiary/aromatic N) is 4. The number of para-hydroxylation sites is 1. The smallest absolute Gasteiger partial charge is 0.261 e. The number of rotatable bonds is 6. The third-order valence-corrected chi connectivity index (χ3v) is 6.75. The maximum atomic E-state index is 13.4. The van der Waals surface area contributed by atoms with Crippen molar-refractivity contribution < 1.29 is 4.74 Å². The number of aryl methyl sites for hydroxylation is 1. The Kier molecular flexibility index (Phi) is 6.12. The lowest BCUT2D eigenvalue weighted by Crippen LogP contribution is -2.38. The summed E-state index contributed by atoms with van der Waals surface area (Å²) in [7, 11) is 0. The van der Waals surface area contributed by atoms with Crippen molar-refractivity contribution in [1.82, 2.24) is 19.4 Å². The number of benzene rings is 2. The molecule has 0 N–H and O–H groups in total. The average molecular weight is 447 g/mol. The Morgan fingerprint density at radius 3 is 2.56 bits per heavy atom. The van der Waals surface area contributed by atoms with Crippen LogP contribution in [-0.4, -0.2) is 45.7 Å². The summed E-state index contributed by atoms with van der Waals surface area (Å²) in [5.41, 5.74) is 4.09. The molecule has 5 rings (SSSR count). The summed E-state index contributed by atoms with van der Waals surface area (Å²) < 4.78 is 7.27. The minimum atomic E-state index is -0.0112. The van der Waals surface area contributed by atoms with Gasteiger partial charge in [0.2, 0.25) is 0 Å². The first-order valence-electron chi connectivity index (χ1n) is 11.0. The second-order valence-electron chi connectivity index (χ2n) is 8.00. The zero-order chi connectivity index (χ0) is 21.9. The largest absolute Gasteiger partial charge is 0.379 e. The van der Waals surface area contributed by atoms with Gasteiger partial charge < -0.3 is 4.74 Å². The van der Waals surface area contributed by atoms with E-state index in [0.29, 0.717) is 31.7 Å². The molecule has 0 amide bonds. The van der Waals surface area contributed by atoms with Crippen LogP contribution in [0.2, 0.25) is 0 Å². The van der Waals surface area contributed by atoms with Gasteiger partial charge in [0.1, 0.15) is 10.8 Å². The van der Waals surface area contributed by atoms with Crippen LogP contribution in [-0.2, 0) is 24.2 Å². The number of ether oxygens (including phenoxy) is 1. The molecular formula is C25H26N4O2S. The summed E-state index contributed by atoms with van der Waals surface area (Å²) in [5, 5.41) is 3.62. The van der Waals surface area contributed by atoms with Gasteiger partial charge in [0.15, 0.2) is 0 Å². The van der Waals surface area contributed by atoms with Gasteiger partial charge in [0.05, 0.1) is 42.9 Å². The summed E-state index contributed by atoms with van der Waals surface area (Å²) in [6.07, 6.45) is 1.02. The number of hydrogen-bond acceptors (Lipinski definition) is 6. The first-order chi connectivity index (χ1) is 15.7. The molecule has 6 nitrogen and oxygen atoms in total. The molecule has 0 radical (unpaired) electrons. The van der Waals surface area contributed by atoms with Crippen molar-refractivity contribution in [2.24, 2.45) is 0 Å². The lowest BCUT2D eigenvalue weighted by atomic mass is 10.1. The normalized spacial score (nSPS) is 14.8. The lowest BCUT2D eigenvalue weighted by Gasteiger charge is -2.27. The lowest BCUT2D eigenvalue weighted by molar-refractivity contribution is 0.0325. The van der Waals surface area contributed by atoms with Gasteiger partial charge in [0, 0.05) is 24.0 Å². The third kappa shape index (κ3) is 4.37. The van der Waals surface area contributed by atoms with E-state index in [1.54, 1.807) is 15.9 Å². The number of morpholine rings is 1. The van der Waals surface area contributed by atoms with Crippen molar-refractivity contribution in [1.29, 1.82) is 0 Å². The number of aromatic nitrogens is 3. The highest BCUT2D eigenvalue weighted by Crippen LogP contribution is 2.23. The summed E-state index contributed by atoms with van der Waals surface area (Å²) in [5.74, 6) is 0.777. The van der Waals surface area contributed by atoms with E-state index in [9.17, 15) is 4.79 Å². The zero-order valence-electron chi connectivity index (χ0n) is 18.2. The Morgan fingerprint density at radius 2 is 1.78 bits per heavy atom. The molecule has 4 aromatic rings. The Labute approximate surface area is 191 Å². The second kappa shape index (κ2) is 9.32. The molecule has 2 aromatic carbocycles. The van der Waals surface area contributed by atoms with Crippen LogP contribution in [0.15, 0.2) is 58.7 Å². The van der Waals surface area contributed by atoms with Crippen LogP contribution in [0, 0.1) is 0 Å². The van der Waals surface area contributed by atoms with Crippen molar-refractivity contribution in [3.8, 4) is 11.3 Å². The molecule has 1 fully saturated rings. The van der Waals surface area contributed by atoms with Crippen LogP contribution in [0.5, 0.6) is 0 Å². The van der Waals surface area contributed by atoms with Gasteiger partial charge in [-0.3, -0.25) is 14.3 Å². The molecule has 0 unspecified atom stereocenters. The van der Waals surface area contributed by atoms with Gasteiger partial charge in [-0.15, -0.1) is 11.3 Å². The quantitative estimate of drug-likeness (QED) is 0.449. The predicted octanol–water partition coefficient (Wildman–Crippen LogP) is 3.96. The molecule has 2 aromatic heterocycles. The van der Waals surface area contributed by atoms with Crippen LogP contribution in [0.4, 0.5) is 0 Å². The zero-order valence-corrected chi connectivity index (χ0v) is 19.0. The average Bonchev–Trinajstić information content (AvgIpc) is 3.31. The standard InChI is InChI=1S/C25H26N4O2S/c1-2-18-7-9-19(10-8-18)22-17-32-24(27-22)16-29-23(15-28-11-13-31-14-12-28)26-21-6-4-3-5-20(21)25(29)30/h3-10,17H,2,11-16H2,1H3. The van der Waals surface area contributed by atoms with E-state index in [-0.39, 0.29) is 5.56 Å². The molecule has 0 spiro atoms. The van der Waals surface area contributed by atoms with Gasteiger partial charge in [-0.2, -0.15) is 0 Å². The van der Waals surface area contributed by atoms with Crippen LogP contribution >= 0.6 is 11.3 Å². The fourth-order valence-corrected chi connectivity index (χ4v) is 4.81. The Balaban J connectivity index is 1.48. The molecule has 0 bridgehead atoms. The number of fused-ring (bicyclic) bond motifs is 1. The van der Waals surface area contributed by atoms with Crippen LogP contribution in [0.1, 0.15) is 23.3 Å². The predicted molar refractivity (Wildman–Crippen MR) is 128 cm³/mol. The highest BCUT2D eigenvalue weighted by atomic mass is 32.1. The summed E-state index contributed by atoms with van der Waals surface area (Å²) >= 11 is 1.59. The van der Waals surface area contributed by atoms with Gasteiger partial charge in [-0.1, -0.05) is 43.3 Å². The topological polar surface area (TPSA) is 60.2 Å². The van der Waals surface area contributed by atoms with Crippen molar-refractivity contribution in [2.45, 2.75) is 26.4 Å².